The van der Waals surface area contributed by atoms with E-state index in [1.165, 1.54) is 37.8 Å². The molecule has 0 aromatic heterocycles. The number of hydrogen-bond donors (Lipinski definition) is 1. The van der Waals surface area contributed by atoms with Crippen LogP contribution in [0.4, 0.5) is 0 Å². The largest absolute Gasteiger partial charge is 0.454 e. The van der Waals surface area contributed by atoms with Crippen molar-refractivity contribution < 1.29 is 9.47 Å². The van der Waals surface area contributed by atoms with E-state index in [1.807, 2.05) is 6.07 Å². The summed E-state index contributed by atoms with van der Waals surface area (Å²) in [5, 5.41) is 3.72. The van der Waals surface area contributed by atoms with Crippen LogP contribution in [-0.4, -0.2) is 13.3 Å². The van der Waals surface area contributed by atoms with E-state index in [0.717, 1.165) is 17.4 Å². The Morgan fingerprint density at radius 1 is 1.26 bits per heavy atom. The molecule has 0 bridgehead atoms. The van der Waals surface area contributed by atoms with Gasteiger partial charge >= 0.3 is 0 Å². The lowest BCUT2D eigenvalue weighted by Crippen LogP contribution is -2.27. The zero-order valence-corrected chi connectivity index (χ0v) is 11.4. The molecule has 0 amide bonds. The SMILES string of the molecule is CC(NCC1(C2CC2)CC1)c1ccc2c(c1)OCO2. The van der Waals surface area contributed by atoms with Crippen molar-refractivity contribution in [2.24, 2.45) is 11.3 Å². The van der Waals surface area contributed by atoms with E-state index >= 15 is 0 Å². The summed E-state index contributed by atoms with van der Waals surface area (Å²) in [5.41, 5.74) is 1.95. The molecular formula is C16H21NO2. The van der Waals surface area contributed by atoms with Crippen LogP contribution in [0.15, 0.2) is 18.2 Å². The van der Waals surface area contributed by atoms with Crippen molar-refractivity contribution in [1.82, 2.24) is 5.32 Å². The molecule has 19 heavy (non-hydrogen) atoms. The summed E-state index contributed by atoms with van der Waals surface area (Å²) in [6.07, 6.45) is 5.78. The molecule has 1 unspecified atom stereocenters. The minimum absolute atomic E-state index is 0.353. The minimum Gasteiger partial charge on any atom is -0.454 e. The molecule has 1 aliphatic heterocycles. The molecule has 2 fully saturated rings. The Hall–Kier alpha value is -1.22. The zero-order valence-electron chi connectivity index (χ0n) is 11.4. The lowest BCUT2D eigenvalue weighted by Gasteiger charge is -2.20. The van der Waals surface area contributed by atoms with Gasteiger partial charge in [0.05, 0.1) is 0 Å². The van der Waals surface area contributed by atoms with Gasteiger partial charge in [-0.3, -0.25) is 0 Å². The summed E-state index contributed by atoms with van der Waals surface area (Å²) in [5.74, 6) is 2.77. The maximum Gasteiger partial charge on any atom is 0.231 e. The Balaban J connectivity index is 1.41. The quantitative estimate of drug-likeness (QED) is 0.880. The van der Waals surface area contributed by atoms with Crippen LogP contribution in [0.1, 0.15) is 44.2 Å². The van der Waals surface area contributed by atoms with Crippen molar-refractivity contribution in [3.8, 4) is 11.5 Å². The second-order valence-electron chi connectivity index (χ2n) is 6.35. The van der Waals surface area contributed by atoms with Crippen LogP contribution in [0, 0.1) is 11.3 Å². The Morgan fingerprint density at radius 2 is 2.05 bits per heavy atom. The normalized spacial score (nSPS) is 24.3. The summed E-state index contributed by atoms with van der Waals surface area (Å²) in [6.45, 7) is 3.76. The van der Waals surface area contributed by atoms with Gasteiger partial charge in [-0.05, 0) is 61.6 Å². The first-order chi connectivity index (χ1) is 9.27. The van der Waals surface area contributed by atoms with Gasteiger partial charge < -0.3 is 14.8 Å². The van der Waals surface area contributed by atoms with Crippen LogP contribution in [0.3, 0.4) is 0 Å². The molecule has 3 aliphatic rings. The average Bonchev–Trinajstić information content (AvgIpc) is 3.32. The molecule has 1 aromatic carbocycles. The average molecular weight is 259 g/mol. The molecule has 0 radical (unpaired) electrons. The van der Waals surface area contributed by atoms with Crippen LogP contribution in [-0.2, 0) is 0 Å². The van der Waals surface area contributed by atoms with Crippen molar-refractivity contribution in [3.05, 3.63) is 23.8 Å². The molecule has 3 heteroatoms. The number of ether oxygens (including phenoxy) is 2. The first-order valence-corrected chi connectivity index (χ1v) is 7.40. The van der Waals surface area contributed by atoms with E-state index in [1.54, 1.807) is 0 Å². The van der Waals surface area contributed by atoms with Gasteiger partial charge in [0, 0.05) is 12.6 Å². The fourth-order valence-corrected chi connectivity index (χ4v) is 3.24. The van der Waals surface area contributed by atoms with Crippen LogP contribution in [0.5, 0.6) is 11.5 Å². The second kappa shape index (κ2) is 4.14. The maximum atomic E-state index is 5.45. The molecule has 1 N–H and O–H groups in total. The molecule has 1 atom stereocenters. The first-order valence-electron chi connectivity index (χ1n) is 7.40. The Morgan fingerprint density at radius 3 is 2.79 bits per heavy atom. The van der Waals surface area contributed by atoms with Crippen LogP contribution in [0.25, 0.3) is 0 Å². The van der Waals surface area contributed by atoms with Crippen LogP contribution in [0.2, 0.25) is 0 Å². The van der Waals surface area contributed by atoms with Gasteiger partial charge in [-0.15, -0.1) is 0 Å². The van der Waals surface area contributed by atoms with Gasteiger partial charge in [0.1, 0.15) is 0 Å². The zero-order chi connectivity index (χ0) is 12.9. The predicted octanol–water partition coefficient (Wildman–Crippen LogP) is 3.26. The number of hydrogen-bond acceptors (Lipinski definition) is 3. The molecule has 2 saturated carbocycles. The summed E-state index contributed by atoms with van der Waals surface area (Å²) in [4.78, 5) is 0. The highest BCUT2D eigenvalue weighted by Gasteiger charge is 2.53. The maximum absolute atomic E-state index is 5.45. The molecule has 3 nitrogen and oxygen atoms in total. The highest BCUT2D eigenvalue weighted by Crippen LogP contribution is 2.61. The molecule has 1 heterocycles. The van der Waals surface area contributed by atoms with Gasteiger partial charge in [-0.25, -0.2) is 0 Å². The van der Waals surface area contributed by atoms with Crippen molar-refractivity contribution >= 4 is 0 Å². The number of fused-ring (bicyclic) bond motifs is 1. The third kappa shape index (κ3) is 2.10. The molecule has 2 aliphatic carbocycles. The third-order valence-corrected chi connectivity index (χ3v) is 4.99. The first kappa shape index (κ1) is 11.6. The van der Waals surface area contributed by atoms with Gasteiger partial charge in [-0.1, -0.05) is 6.07 Å². The standard InChI is InChI=1S/C16H21NO2/c1-11(17-9-16(6-7-16)13-3-4-13)12-2-5-14-15(8-12)19-10-18-14/h2,5,8,11,13,17H,3-4,6-7,9-10H2,1H3. The van der Waals surface area contributed by atoms with Gasteiger partial charge in [0.25, 0.3) is 0 Å². The second-order valence-corrected chi connectivity index (χ2v) is 6.35. The Kier molecular flexibility index (Phi) is 2.52. The van der Waals surface area contributed by atoms with Crippen molar-refractivity contribution in [2.75, 3.05) is 13.3 Å². The predicted molar refractivity (Wildman–Crippen MR) is 73.4 cm³/mol. The van der Waals surface area contributed by atoms with Crippen molar-refractivity contribution in [2.45, 2.75) is 38.6 Å². The summed E-state index contributed by atoms with van der Waals surface area (Å²) in [7, 11) is 0. The topological polar surface area (TPSA) is 30.5 Å². The van der Waals surface area contributed by atoms with Gasteiger partial charge in [0.2, 0.25) is 6.79 Å². The Labute approximate surface area is 114 Å². The summed E-state index contributed by atoms with van der Waals surface area (Å²) >= 11 is 0. The van der Waals surface area contributed by atoms with E-state index < -0.39 is 0 Å². The number of rotatable bonds is 5. The van der Waals surface area contributed by atoms with Crippen molar-refractivity contribution in [3.63, 3.8) is 0 Å². The van der Waals surface area contributed by atoms with E-state index in [9.17, 15) is 0 Å². The smallest absolute Gasteiger partial charge is 0.231 e. The van der Waals surface area contributed by atoms with E-state index in [0.29, 0.717) is 18.2 Å². The number of benzene rings is 1. The fraction of sp³-hybridized carbons (Fsp3) is 0.625. The summed E-state index contributed by atoms with van der Waals surface area (Å²) < 4.78 is 10.8. The summed E-state index contributed by atoms with van der Waals surface area (Å²) in [6, 6.07) is 6.65. The highest BCUT2D eigenvalue weighted by atomic mass is 16.7. The molecule has 1 aromatic rings. The Bertz CT molecular complexity index is 492. The molecule has 102 valence electrons. The van der Waals surface area contributed by atoms with E-state index in [-0.39, 0.29) is 0 Å². The van der Waals surface area contributed by atoms with Gasteiger partial charge in [0.15, 0.2) is 11.5 Å². The molecule has 0 spiro atoms. The molecule has 0 saturated heterocycles. The van der Waals surface area contributed by atoms with E-state index in [4.69, 9.17) is 9.47 Å². The molecular weight excluding hydrogens is 238 g/mol. The lowest BCUT2D eigenvalue weighted by atomic mass is 9.99. The van der Waals surface area contributed by atoms with Crippen molar-refractivity contribution in [1.29, 1.82) is 0 Å². The lowest BCUT2D eigenvalue weighted by molar-refractivity contribution is 0.174. The third-order valence-electron chi connectivity index (χ3n) is 4.99. The minimum atomic E-state index is 0.353. The fourth-order valence-electron chi connectivity index (χ4n) is 3.24. The van der Waals surface area contributed by atoms with E-state index in [2.05, 4.69) is 24.4 Å². The monoisotopic (exact) mass is 259 g/mol. The van der Waals surface area contributed by atoms with Crippen LogP contribution >= 0.6 is 0 Å². The molecule has 4 rings (SSSR count). The number of nitrogens with one attached hydrogen (secondary N) is 1. The highest BCUT2D eigenvalue weighted by molar-refractivity contribution is 5.45. The van der Waals surface area contributed by atoms with Gasteiger partial charge in [-0.2, -0.15) is 0 Å². The van der Waals surface area contributed by atoms with Crippen LogP contribution < -0.4 is 14.8 Å².